The highest BCUT2D eigenvalue weighted by molar-refractivity contribution is 5.86. The number of fused-ring (bicyclic) bond motifs is 1. The molecule has 13 heteroatoms. The van der Waals surface area contributed by atoms with Crippen LogP contribution >= 0.6 is 0 Å². The minimum Gasteiger partial charge on any atom is -0.388 e. The van der Waals surface area contributed by atoms with Crippen molar-refractivity contribution in [1.82, 2.24) is 30.8 Å². The lowest BCUT2D eigenvalue weighted by atomic mass is 9.94. The maximum Gasteiger partial charge on any atom is 0.315 e. The van der Waals surface area contributed by atoms with Crippen LogP contribution in [0.15, 0.2) is 4.99 Å². The maximum atomic E-state index is 12.3. The average Bonchev–Trinajstić information content (AvgIpc) is 3.43. The highest BCUT2D eigenvalue weighted by Gasteiger charge is 2.50. The zero-order valence-electron chi connectivity index (χ0n) is 20.7. The first kappa shape index (κ1) is 26.2. The molecule has 1 aromatic heterocycles. The largest absolute Gasteiger partial charge is 0.388 e. The van der Waals surface area contributed by atoms with E-state index in [9.17, 15) is 19.8 Å². The number of hydrogen-bond donors (Lipinski definition) is 6. The number of amides is 3. The third kappa shape index (κ3) is 5.75. The molecule has 0 radical (unpaired) electrons. The summed E-state index contributed by atoms with van der Waals surface area (Å²) in [5.74, 6) is -0.268. The monoisotopic (exact) mass is 504 g/mol. The molecule has 2 saturated heterocycles. The van der Waals surface area contributed by atoms with Crippen LogP contribution in [0.2, 0.25) is 0 Å². The predicted octanol–water partition coefficient (Wildman–Crippen LogP) is -0.772. The number of likely N-dealkylation sites (N-methyl/N-ethyl adjacent to an activating group) is 1. The van der Waals surface area contributed by atoms with Gasteiger partial charge in [-0.3, -0.25) is 9.79 Å². The summed E-state index contributed by atoms with van der Waals surface area (Å²) in [7, 11) is 1.70. The lowest BCUT2D eigenvalue weighted by molar-refractivity contribution is -0.135. The Morgan fingerprint density at radius 1 is 1.11 bits per heavy atom. The van der Waals surface area contributed by atoms with Crippen LogP contribution in [-0.2, 0) is 16.1 Å². The van der Waals surface area contributed by atoms with Crippen LogP contribution in [-0.4, -0.2) is 107 Å². The molecular weight excluding hydrogens is 468 g/mol. The molecule has 36 heavy (non-hydrogen) atoms. The molecular formula is C23H36N8O5. The van der Waals surface area contributed by atoms with Crippen LogP contribution in [0.25, 0.3) is 0 Å². The number of piperidine rings is 1. The Hall–Kier alpha value is -2.87. The van der Waals surface area contributed by atoms with Crippen molar-refractivity contribution >= 4 is 29.7 Å². The fourth-order valence-electron chi connectivity index (χ4n) is 4.82. The number of hydrogen-bond acceptors (Lipinski definition) is 10. The second-order valence-electron chi connectivity index (χ2n) is 9.19. The number of carbonyl (C=O) groups is 2. The number of rotatable bonds is 9. The number of anilines is 1. The SMILES string of the molecule is CCNC(=O)[C@H]1O[C@@H](C2C=Nc3c(NC)nc(CNC(=O)NCCN4CCCCC4)nc32)[C@H](O)[C@@H]1O. The molecule has 4 rings (SSSR count). The standard InChI is InChI=1S/C23H36N8O5/c1-3-25-22(34)20-18(33)17(32)19(36-20)13-11-27-16-15(13)29-14(30-21(16)24-2)12-28-23(35)26-7-10-31-8-5-4-6-9-31/h11,13,17-20,32-33H,3-10,12H2,1-2H3,(H,25,34)(H,24,29,30)(H2,26,28,35)/t13?,17-,18+,19+,20+/m1/s1. The molecule has 3 aliphatic rings. The molecule has 3 aliphatic heterocycles. The Bertz CT molecular complexity index is 970. The van der Waals surface area contributed by atoms with Crippen molar-refractivity contribution in [2.45, 2.75) is 63.1 Å². The summed E-state index contributed by atoms with van der Waals surface area (Å²) in [5, 5.41) is 32.3. The summed E-state index contributed by atoms with van der Waals surface area (Å²) >= 11 is 0. The molecule has 3 amide bonds. The molecule has 0 bridgehead atoms. The zero-order valence-corrected chi connectivity index (χ0v) is 20.7. The van der Waals surface area contributed by atoms with E-state index < -0.39 is 36.2 Å². The third-order valence-electron chi connectivity index (χ3n) is 6.71. The molecule has 198 valence electrons. The van der Waals surface area contributed by atoms with Crippen molar-refractivity contribution in [1.29, 1.82) is 0 Å². The van der Waals surface area contributed by atoms with Crippen LogP contribution in [0.3, 0.4) is 0 Å². The van der Waals surface area contributed by atoms with Crippen molar-refractivity contribution in [3.05, 3.63) is 11.5 Å². The second-order valence-corrected chi connectivity index (χ2v) is 9.19. The number of nitrogens with one attached hydrogen (secondary N) is 4. The maximum absolute atomic E-state index is 12.3. The van der Waals surface area contributed by atoms with Gasteiger partial charge in [-0.25, -0.2) is 14.8 Å². The average molecular weight is 505 g/mol. The molecule has 4 heterocycles. The Morgan fingerprint density at radius 3 is 2.61 bits per heavy atom. The van der Waals surface area contributed by atoms with Gasteiger partial charge < -0.3 is 41.1 Å². The lowest BCUT2D eigenvalue weighted by Crippen LogP contribution is -2.42. The third-order valence-corrected chi connectivity index (χ3v) is 6.71. The second kappa shape index (κ2) is 11.9. The summed E-state index contributed by atoms with van der Waals surface area (Å²) in [5.41, 5.74) is 0.980. The first-order chi connectivity index (χ1) is 17.4. The molecule has 2 fully saturated rings. The molecule has 0 spiro atoms. The quantitative estimate of drug-likeness (QED) is 0.252. The van der Waals surface area contributed by atoms with Gasteiger partial charge >= 0.3 is 6.03 Å². The Kier molecular flexibility index (Phi) is 8.67. The summed E-state index contributed by atoms with van der Waals surface area (Å²) in [4.78, 5) is 40.3. The van der Waals surface area contributed by atoms with Gasteiger partial charge in [0.25, 0.3) is 5.91 Å². The first-order valence-electron chi connectivity index (χ1n) is 12.6. The number of likely N-dealkylation sites (tertiary alicyclic amines) is 1. The van der Waals surface area contributed by atoms with Gasteiger partial charge in [0.15, 0.2) is 11.9 Å². The number of nitrogens with zero attached hydrogens (tertiary/aromatic N) is 4. The highest BCUT2D eigenvalue weighted by atomic mass is 16.5. The van der Waals surface area contributed by atoms with Crippen LogP contribution in [0.1, 0.15) is 43.6 Å². The summed E-state index contributed by atoms with van der Waals surface area (Å²) in [6.45, 7) is 5.74. The van der Waals surface area contributed by atoms with Gasteiger partial charge in [-0.15, -0.1) is 0 Å². The fraction of sp³-hybridized carbons (Fsp3) is 0.696. The van der Waals surface area contributed by atoms with Crippen LogP contribution < -0.4 is 21.3 Å². The van der Waals surface area contributed by atoms with Gasteiger partial charge in [0.2, 0.25) is 0 Å². The number of aliphatic hydroxyl groups is 2. The van der Waals surface area contributed by atoms with Gasteiger partial charge in [-0.05, 0) is 32.9 Å². The molecule has 5 atom stereocenters. The van der Waals surface area contributed by atoms with Gasteiger partial charge in [0, 0.05) is 32.9 Å². The summed E-state index contributed by atoms with van der Waals surface area (Å²) < 4.78 is 5.78. The Balaban J connectivity index is 1.39. The first-order valence-corrected chi connectivity index (χ1v) is 12.6. The van der Waals surface area contributed by atoms with E-state index in [0.717, 1.165) is 19.6 Å². The van der Waals surface area contributed by atoms with Crippen LogP contribution in [0, 0.1) is 0 Å². The van der Waals surface area contributed by atoms with Crippen LogP contribution in [0.4, 0.5) is 16.3 Å². The van der Waals surface area contributed by atoms with Crippen molar-refractivity contribution in [2.75, 3.05) is 45.1 Å². The molecule has 0 aromatic carbocycles. The fourth-order valence-corrected chi connectivity index (χ4v) is 4.82. The number of carbonyl (C=O) groups excluding carboxylic acids is 2. The number of aliphatic imine (C=N–C) groups is 1. The van der Waals surface area contributed by atoms with Crippen molar-refractivity contribution in [3.63, 3.8) is 0 Å². The van der Waals surface area contributed by atoms with Gasteiger partial charge in [-0.2, -0.15) is 0 Å². The molecule has 13 nitrogen and oxygen atoms in total. The summed E-state index contributed by atoms with van der Waals surface area (Å²) in [6, 6.07) is -0.308. The van der Waals surface area contributed by atoms with E-state index in [-0.39, 0.29) is 12.6 Å². The normalized spacial score (nSPS) is 27.5. The number of urea groups is 1. The van der Waals surface area contributed by atoms with E-state index in [4.69, 9.17) is 4.74 Å². The van der Waals surface area contributed by atoms with Gasteiger partial charge in [0.1, 0.15) is 29.8 Å². The molecule has 1 aromatic rings. The van der Waals surface area contributed by atoms with Crippen molar-refractivity contribution in [3.8, 4) is 0 Å². The van der Waals surface area contributed by atoms with Gasteiger partial charge in [0.05, 0.1) is 18.2 Å². The minimum atomic E-state index is -1.38. The van der Waals surface area contributed by atoms with E-state index in [0.29, 0.717) is 36.1 Å². The van der Waals surface area contributed by atoms with E-state index in [1.54, 1.807) is 20.2 Å². The smallest absolute Gasteiger partial charge is 0.315 e. The lowest BCUT2D eigenvalue weighted by Gasteiger charge is -2.26. The van der Waals surface area contributed by atoms with E-state index in [2.05, 4.69) is 41.1 Å². The topological polar surface area (TPSA) is 173 Å². The number of aromatic nitrogens is 2. The van der Waals surface area contributed by atoms with Crippen LogP contribution in [0.5, 0.6) is 0 Å². The van der Waals surface area contributed by atoms with E-state index >= 15 is 0 Å². The number of aliphatic hydroxyl groups excluding tert-OH is 2. The van der Waals surface area contributed by atoms with Crippen molar-refractivity contribution in [2.24, 2.45) is 4.99 Å². The Morgan fingerprint density at radius 2 is 1.89 bits per heavy atom. The minimum absolute atomic E-state index is 0.0858. The molecule has 0 saturated carbocycles. The zero-order chi connectivity index (χ0) is 25.7. The number of ether oxygens (including phenoxy) is 1. The van der Waals surface area contributed by atoms with E-state index in [1.165, 1.54) is 19.3 Å². The predicted molar refractivity (Wildman–Crippen MR) is 132 cm³/mol. The van der Waals surface area contributed by atoms with Gasteiger partial charge in [-0.1, -0.05) is 6.42 Å². The molecule has 6 N–H and O–H groups in total. The highest BCUT2D eigenvalue weighted by Crippen LogP contribution is 2.41. The van der Waals surface area contributed by atoms with Crippen molar-refractivity contribution < 1.29 is 24.5 Å². The van der Waals surface area contributed by atoms with E-state index in [1.807, 2.05) is 0 Å². The Labute approximate surface area is 210 Å². The molecule has 1 unspecified atom stereocenters. The molecule has 0 aliphatic carbocycles. The summed E-state index contributed by atoms with van der Waals surface area (Å²) in [6.07, 6.45) is 0.459.